The summed E-state index contributed by atoms with van der Waals surface area (Å²) in [5, 5.41) is 3.00. The van der Waals surface area contributed by atoms with Crippen LogP contribution in [0.25, 0.3) is 10.2 Å². The van der Waals surface area contributed by atoms with Crippen molar-refractivity contribution in [3.63, 3.8) is 0 Å². The van der Waals surface area contributed by atoms with Crippen molar-refractivity contribution in [2.24, 2.45) is 0 Å². The second kappa shape index (κ2) is 7.63. The van der Waals surface area contributed by atoms with Gasteiger partial charge in [-0.15, -0.1) is 11.3 Å². The van der Waals surface area contributed by atoms with Gasteiger partial charge in [0, 0.05) is 6.54 Å². The summed E-state index contributed by atoms with van der Waals surface area (Å²) in [6.07, 6.45) is 2.60. The van der Waals surface area contributed by atoms with Crippen molar-refractivity contribution in [1.29, 1.82) is 0 Å². The van der Waals surface area contributed by atoms with Gasteiger partial charge in [0.05, 0.1) is 39.2 Å². The Balaban J connectivity index is 1.84. The Morgan fingerprint density at radius 2 is 2.00 bits per heavy atom. The lowest BCUT2D eigenvalue weighted by Gasteiger charge is -2.38. The lowest BCUT2D eigenvalue weighted by Crippen LogP contribution is -2.37. The smallest absolute Gasteiger partial charge is 0.307 e. The van der Waals surface area contributed by atoms with Crippen molar-refractivity contribution in [3.05, 3.63) is 41.0 Å². The van der Waals surface area contributed by atoms with Gasteiger partial charge in [0.15, 0.2) is 11.5 Å². The largest absolute Gasteiger partial charge is 0.493 e. The molecule has 1 aromatic carbocycles. The monoisotopic (exact) mass is 399 g/mol. The molecule has 2 aromatic heterocycles. The van der Waals surface area contributed by atoms with Crippen LogP contribution >= 0.6 is 11.3 Å². The number of fused-ring (bicyclic) bond motifs is 2. The van der Waals surface area contributed by atoms with Crippen LogP contribution in [0.5, 0.6) is 11.5 Å². The third kappa shape index (κ3) is 3.13. The molecule has 8 heteroatoms. The minimum atomic E-state index is -0.270. The number of thiophene rings is 1. The van der Waals surface area contributed by atoms with Crippen molar-refractivity contribution >= 4 is 33.3 Å². The van der Waals surface area contributed by atoms with Crippen LogP contribution in [0, 0.1) is 0 Å². The van der Waals surface area contributed by atoms with Gasteiger partial charge in [-0.2, -0.15) is 0 Å². The van der Waals surface area contributed by atoms with Gasteiger partial charge in [0.25, 0.3) is 0 Å². The summed E-state index contributed by atoms with van der Waals surface area (Å²) in [6, 6.07) is 5.76. The van der Waals surface area contributed by atoms with E-state index in [0.717, 1.165) is 40.1 Å². The van der Waals surface area contributed by atoms with Crippen LogP contribution in [0.4, 0.5) is 5.82 Å². The highest BCUT2D eigenvalue weighted by atomic mass is 32.1. The van der Waals surface area contributed by atoms with Crippen LogP contribution in [0.2, 0.25) is 0 Å². The number of benzene rings is 1. The van der Waals surface area contributed by atoms with Gasteiger partial charge in [-0.3, -0.25) is 4.79 Å². The van der Waals surface area contributed by atoms with Crippen molar-refractivity contribution in [1.82, 2.24) is 9.97 Å². The first-order valence-electron chi connectivity index (χ1n) is 8.92. The summed E-state index contributed by atoms with van der Waals surface area (Å²) in [5.41, 5.74) is 2.16. The third-order valence-corrected chi connectivity index (χ3v) is 5.92. The number of rotatable bonds is 5. The van der Waals surface area contributed by atoms with E-state index in [1.807, 2.05) is 23.6 Å². The van der Waals surface area contributed by atoms with E-state index in [1.54, 1.807) is 31.9 Å². The SMILES string of the molecule is COC(=O)C[C@@H]1c2cc(OC)c(OC)cc2CCN1c1ncnc2sccc12. The van der Waals surface area contributed by atoms with E-state index in [-0.39, 0.29) is 18.4 Å². The Morgan fingerprint density at radius 3 is 2.75 bits per heavy atom. The zero-order chi connectivity index (χ0) is 19.7. The molecule has 0 aliphatic carbocycles. The predicted molar refractivity (Wildman–Crippen MR) is 107 cm³/mol. The van der Waals surface area contributed by atoms with Gasteiger partial charge >= 0.3 is 5.97 Å². The van der Waals surface area contributed by atoms with Gasteiger partial charge in [0.2, 0.25) is 0 Å². The van der Waals surface area contributed by atoms with Crippen molar-refractivity contribution < 1.29 is 19.0 Å². The number of hydrogen-bond acceptors (Lipinski definition) is 8. The second-order valence-electron chi connectivity index (χ2n) is 6.48. The highest BCUT2D eigenvalue weighted by Gasteiger charge is 2.33. The molecule has 0 radical (unpaired) electrons. The van der Waals surface area contributed by atoms with Crippen molar-refractivity contribution in [2.75, 3.05) is 32.8 Å². The van der Waals surface area contributed by atoms with Gasteiger partial charge in [-0.25, -0.2) is 9.97 Å². The number of carbonyl (C=O) groups excluding carboxylic acids is 1. The highest BCUT2D eigenvalue weighted by Crippen LogP contribution is 2.42. The number of ether oxygens (including phenoxy) is 3. The lowest BCUT2D eigenvalue weighted by molar-refractivity contribution is -0.141. The molecule has 146 valence electrons. The van der Waals surface area contributed by atoms with Gasteiger partial charge < -0.3 is 19.1 Å². The fourth-order valence-corrected chi connectivity index (χ4v) is 4.48. The first-order valence-corrected chi connectivity index (χ1v) is 9.80. The second-order valence-corrected chi connectivity index (χ2v) is 7.38. The molecule has 28 heavy (non-hydrogen) atoms. The standard InChI is InChI=1S/C20H21N3O4S/c1-25-16-8-12-4-6-23(19-13-5-7-28-20(13)22-11-21-19)15(10-18(24)27-3)14(12)9-17(16)26-2/h5,7-9,11,15H,4,6,10H2,1-3H3/t15-/m1/s1. The van der Waals surface area contributed by atoms with Gasteiger partial charge in [0.1, 0.15) is 17.0 Å². The molecule has 0 bridgehead atoms. The van der Waals surface area contributed by atoms with Crippen LogP contribution in [0.3, 0.4) is 0 Å². The molecule has 7 nitrogen and oxygen atoms in total. The Hall–Kier alpha value is -2.87. The molecule has 3 aromatic rings. The Labute approximate surface area is 166 Å². The van der Waals surface area contributed by atoms with E-state index >= 15 is 0 Å². The third-order valence-electron chi connectivity index (χ3n) is 5.10. The van der Waals surface area contributed by atoms with Gasteiger partial charge in [-0.05, 0) is 41.1 Å². The average Bonchev–Trinajstić information content (AvgIpc) is 3.22. The zero-order valence-corrected chi connectivity index (χ0v) is 16.8. The van der Waals surface area contributed by atoms with E-state index in [1.165, 1.54) is 7.11 Å². The molecular formula is C20H21N3O4S. The molecule has 1 aliphatic heterocycles. The van der Waals surface area contributed by atoms with Crippen LogP contribution in [0.1, 0.15) is 23.6 Å². The van der Waals surface area contributed by atoms with Crippen LogP contribution in [-0.4, -0.2) is 43.8 Å². The quantitative estimate of drug-likeness (QED) is 0.609. The molecule has 3 heterocycles. The summed E-state index contributed by atoms with van der Waals surface area (Å²) in [7, 11) is 4.64. The molecule has 4 rings (SSSR count). The number of methoxy groups -OCH3 is 3. The maximum Gasteiger partial charge on any atom is 0.307 e. The number of aromatic nitrogens is 2. The molecule has 0 spiro atoms. The number of hydrogen-bond donors (Lipinski definition) is 0. The Morgan fingerprint density at radius 1 is 1.21 bits per heavy atom. The van der Waals surface area contributed by atoms with Crippen molar-refractivity contribution in [2.45, 2.75) is 18.9 Å². The lowest BCUT2D eigenvalue weighted by atomic mass is 9.89. The number of anilines is 1. The number of carbonyl (C=O) groups is 1. The maximum atomic E-state index is 12.2. The minimum absolute atomic E-state index is 0.214. The fraction of sp³-hybridized carbons (Fsp3) is 0.350. The molecular weight excluding hydrogens is 378 g/mol. The minimum Gasteiger partial charge on any atom is -0.493 e. The predicted octanol–water partition coefficient (Wildman–Crippen LogP) is 3.38. The number of esters is 1. The highest BCUT2D eigenvalue weighted by molar-refractivity contribution is 7.16. The topological polar surface area (TPSA) is 73.8 Å². The fourth-order valence-electron chi connectivity index (χ4n) is 3.75. The average molecular weight is 399 g/mol. The molecule has 0 unspecified atom stereocenters. The van der Waals surface area contributed by atoms with E-state index in [4.69, 9.17) is 14.2 Å². The molecule has 0 N–H and O–H groups in total. The molecule has 0 fully saturated rings. The zero-order valence-electron chi connectivity index (χ0n) is 16.0. The molecule has 0 saturated heterocycles. The maximum absolute atomic E-state index is 12.2. The molecule has 0 amide bonds. The van der Waals surface area contributed by atoms with Crippen molar-refractivity contribution in [3.8, 4) is 11.5 Å². The summed E-state index contributed by atoms with van der Waals surface area (Å²) >= 11 is 1.58. The van der Waals surface area contributed by atoms with E-state index in [0.29, 0.717) is 11.5 Å². The first kappa shape index (κ1) is 18.5. The first-order chi connectivity index (χ1) is 13.7. The molecule has 1 aliphatic rings. The number of nitrogens with zero attached hydrogens (tertiary/aromatic N) is 3. The van der Waals surface area contributed by atoms with E-state index in [2.05, 4.69) is 14.9 Å². The van der Waals surface area contributed by atoms with E-state index in [9.17, 15) is 4.79 Å². The van der Waals surface area contributed by atoms with Gasteiger partial charge in [-0.1, -0.05) is 0 Å². The van der Waals surface area contributed by atoms with Crippen LogP contribution in [0.15, 0.2) is 29.9 Å². The normalized spacial score (nSPS) is 16.0. The Kier molecular flexibility index (Phi) is 5.04. The summed E-state index contributed by atoms with van der Waals surface area (Å²) in [5.74, 6) is 1.89. The summed E-state index contributed by atoms with van der Waals surface area (Å²) in [4.78, 5) is 24.2. The molecule has 1 atom stereocenters. The van der Waals surface area contributed by atoms with Crippen LogP contribution < -0.4 is 14.4 Å². The summed E-state index contributed by atoms with van der Waals surface area (Å²) in [6.45, 7) is 0.728. The summed E-state index contributed by atoms with van der Waals surface area (Å²) < 4.78 is 15.9. The van der Waals surface area contributed by atoms with Crippen LogP contribution in [-0.2, 0) is 16.0 Å². The van der Waals surface area contributed by atoms with E-state index < -0.39 is 0 Å². The molecule has 0 saturated carbocycles. The Bertz CT molecular complexity index is 1020.